The second kappa shape index (κ2) is 9.15. The molecule has 1 atom stereocenters. The molecule has 33 heavy (non-hydrogen) atoms. The Kier molecular flexibility index (Phi) is 6.29. The monoisotopic (exact) mass is 457 g/mol. The Hall–Kier alpha value is -3.52. The Balaban J connectivity index is 1.35. The zero-order valence-corrected chi connectivity index (χ0v) is 17.9. The van der Waals surface area contributed by atoms with E-state index in [1.165, 1.54) is 12.4 Å². The molecule has 172 valence electrons. The van der Waals surface area contributed by atoms with Gasteiger partial charge in [0.05, 0.1) is 30.6 Å². The van der Waals surface area contributed by atoms with Crippen LogP contribution in [0.1, 0.15) is 23.9 Å². The maximum absolute atomic E-state index is 12.8. The minimum absolute atomic E-state index is 0.0306. The van der Waals surface area contributed by atoms with Gasteiger partial charge in [0.15, 0.2) is 11.5 Å². The first-order chi connectivity index (χ1) is 15.8. The summed E-state index contributed by atoms with van der Waals surface area (Å²) < 4.78 is 38.4. The van der Waals surface area contributed by atoms with E-state index in [0.717, 1.165) is 17.8 Å². The lowest BCUT2D eigenvalue weighted by Gasteiger charge is -2.40. The lowest BCUT2D eigenvalue weighted by molar-refractivity contribution is -0.137. The summed E-state index contributed by atoms with van der Waals surface area (Å²) in [5.41, 5.74) is 1.19. The van der Waals surface area contributed by atoms with Crippen LogP contribution in [0.25, 0.3) is 0 Å². The van der Waals surface area contributed by atoms with Crippen LogP contribution in [0, 0.1) is 11.3 Å². The third kappa shape index (κ3) is 4.96. The van der Waals surface area contributed by atoms with E-state index in [0.29, 0.717) is 49.9 Å². The molecule has 1 fully saturated rings. The number of hydrogen-bond acceptors (Lipinski definition) is 7. The zero-order chi connectivity index (χ0) is 23.6. The number of carbonyl (C=O) groups is 1. The van der Waals surface area contributed by atoms with Crippen molar-refractivity contribution in [3.63, 3.8) is 0 Å². The van der Waals surface area contributed by atoms with Crippen molar-refractivity contribution >= 4 is 17.3 Å². The fourth-order valence-corrected chi connectivity index (χ4v) is 4.13. The first-order valence-corrected chi connectivity index (χ1v) is 10.5. The van der Waals surface area contributed by atoms with Crippen LogP contribution in [0.2, 0.25) is 0 Å². The number of aromatic nitrogens is 3. The number of hydrogen-bond donors (Lipinski definition) is 1. The van der Waals surface area contributed by atoms with Gasteiger partial charge in [0.1, 0.15) is 17.6 Å². The van der Waals surface area contributed by atoms with Crippen LogP contribution in [-0.2, 0) is 17.4 Å². The standard InChI is InChI=1S/C22H22F3N7O/c1-14-11-31(6-7-32(14)20-3-2-16(10-28-20)22(23,24)25)12-15-4-5-27-21(15)19(33)8-17-18(9-26)30-13-29-17/h2-4,10,13-14H,5-8,11-12H2,1H3,(H,29,30)/t14-/m1/s1. The molecule has 2 aliphatic heterocycles. The molecule has 8 nitrogen and oxygen atoms in total. The molecule has 0 unspecified atom stereocenters. The molecule has 11 heteroatoms. The van der Waals surface area contributed by atoms with E-state index in [2.05, 4.69) is 24.8 Å². The summed E-state index contributed by atoms with van der Waals surface area (Å²) in [6, 6.07) is 4.45. The third-order valence-electron chi connectivity index (χ3n) is 5.79. The number of aromatic amines is 1. The molecule has 2 aliphatic rings. The number of nitrogens with one attached hydrogen (secondary N) is 1. The Morgan fingerprint density at radius 3 is 2.79 bits per heavy atom. The third-order valence-corrected chi connectivity index (χ3v) is 5.79. The molecule has 0 aromatic carbocycles. The van der Waals surface area contributed by atoms with Gasteiger partial charge in [-0.2, -0.15) is 18.4 Å². The lowest BCUT2D eigenvalue weighted by Crippen LogP contribution is -2.53. The van der Waals surface area contributed by atoms with Gasteiger partial charge in [-0.05, 0) is 24.6 Å². The van der Waals surface area contributed by atoms with E-state index in [-0.39, 0.29) is 23.9 Å². The minimum atomic E-state index is -4.41. The molecule has 0 saturated carbocycles. The maximum Gasteiger partial charge on any atom is 0.417 e. The van der Waals surface area contributed by atoms with Crippen molar-refractivity contribution in [3.8, 4) is 6.07 Å². The predicted molar refractivity (Wildman–Crippen MR) is 115 cm³/mol. The number of pyridine rings is 1. The smallest absolute Gasteiger partial charge is 0.351 e. The number of nitriles is 1. The highest BCUT2D eigenvalue weighted by molar-refractivity contribution is 6.47. The highest BCUT2D eigenvalue weighted by Gasteiger charge is 2.32. The number of piperazine rings is 1. The fraction of sp³-hybridized carbons (Fsp3) is 0.409. The normalized spacial score (nSPS) is 19.2. The number of halogens is 3. The first kappa shape index (κ1) is 22.7. The average molecular weight is 457 g/mol. The number of H-pyrrole nitrogens is 1. The molecule has 0 amide bonds. The molecular weight excluding hydrogens is 435 g/mol. The van der Waals surface area contributed by atoms with Gasteiger partial charge in [0.25, 0.3) is 0 Å². The highest BCUT2D eigenvalue weighted by Crippen LogP contribution is 2.30. The van der Waals surface area contributed by atoms with Crippen LogP contribution in [0.4, 0.5) is 19.0 Å². The van der Waals surface area contributed by atoms with E-state index in [4.69, 9.17) is 5.26 Å². The maximum atomic E-state index is 12.8. The minimum Gasteiger partial charge on any atom is -0.351 e. The average Bonchev–Trinajstić information content (AvgIpc) is 3.42. The SMILES string of the molecule is C[C@@H]1CN(CC2=CCN=C2C(=O)Cc2[nH]cnc2C#N)CCN1c1ccc(C(F)(F)F)cn1. The van der Waals surface area contributed by atoms with Crippen molar-refractivity contribution in [1.82, 2.24) is 19.9 Å². The van der Waals surface area contributed by atoms with Gasteiger partial charge < -0.3 is 9.88 Å². The summed E-state index contributed by atoms with van der Waals surface area (Å²) in [7, 11) is 0. The van der Waals surface area contributed by atoms with Crippen LogP contribution in [0.15, 0.2) is 41.3 Å². The van der Waals surface area contributed by atoms with Crippen LogP contribution < -0.4 is 4.90 Å². The van der Waals surface area contributed by atoms with Gasteiger partial charge in [-0.3, -0.25) is 14.7 Å². The first-order valence-electron chi connectivity index (χ1n) is 10.5. The van der Waals surface area contributed by atoms with Crippen molar-refractivity contribution in [2.45, 2.75) is 25.6 Å². The topological polar surface area (TPSA) is 101 Å². The molecular formula is C22H22F3N7O. The van der Waals surface area contributed by atoms with Crippen molar-refractivity contribution in [2.75, 3.05) is 37.6 Å². The number of rotatable bonds is 6. The molecule has 1 saturated heterocycles. The summed E-state index contributed by atoms with van der Waals surface area (Å²) in [5, 5.41) is 9.08. The zero-order valence-electron chi connectivity index (χ0n) is 17.9. The number of aliphatic imine (C=N–C) groups is 1. The van der Waals surface area contributed by atoms with Gasteiger partial charge in [0.2, 0.25) is 0 Å². The molecule has 1 N–H and O–H groups in total. The molecule has 0 bridgehead atoms. The van der Waals surface area contributed by atoms with E-state index in [9.17, 15) is 18.0 Å². The number of ketones is 1. The van der Waals surface area contributed by atoms with Crippen molar-refractivity contribution in [2.24, 2.45) is 4.99 Å². The molecule has 2 aromatic heterocycles. The van der Waals surface area contributed by atoms with E-state index < -0.39 is 11.7 Å². The van der Waals surface area contributed by atoms with Gasteiger partial charge >= 0.3 is 6.18 Å². The molecule has 2 aromatic rings. The predicted octanol–water partition coefficient (Wildman–Crippen LogP) is 2.40. The Bertz CT molecular complexity index is 1130. The Morgan fingerprint density at radius 2 is 2.12 bits per heavy atom. The van der Waals surface area contributed by atoms with Crippen LogP contribution in [0.5, 0.6) is 0 Å². The summed E-state index contributed by atoms with van der Waals surface area (Å²) in [4.78, 5) is 32.1. The summed E-state index contributed by atoms with van der Waals surface area (Å²) in [6.07, 6.45) is -0.192. The molecule has 4 rings (SSSR count). The van der Waals surface area contributed by atoms with Gasteiger partial charge in [0, 0.05) is 38.4 Å². The molecule has 0 radical (unpaired) electrons. The number of carbonyl (C=O) groups excluding carboxylic acids is 1. The number of nitrogens with zero attached hydrogens (tertiary/aromatic N) is 6. The van der Waals surface area contributed by atoms with Gasteiger partial charge in [-0.1, -0.05) is 6.08 Å². The number of imidazole rings is 1. The lowest BCUT2D eigenvalue weighted by atomic mass is 10.0. The quantitative estimate of drug-likeness (QED) is 0.715. The van der Waals surface area contributed by atoms with Crippen molar-refractivity contribution in [1.29, 1.82) is 5.26 Å². The molecule has 0 aliphatic carbocycles. The second-order valence-corrected chi connectivity index (χ2v) is 8.04. The van der Waals surface area contributed by atoms with Gasteiger partial charge in [-0.25, -0.2) is 9.97 Å². The highest BCUT2D eigenvalue weighted by atomic mass is 19.4. The van der Waals surface area contributed by atoms with Crippen molar-refractivity contribution < 1.29 is 18.0 Å². The summed E-state index contributed by atoms with van der Waals surface area (Å²) >= 11 is 0. The van der Waals surface area contributed by atoms with Crippen LogP contribution >= 0.6 is 0 Å². The van der Waals surface area contributed by atoms with Crippen LogP contribution in [-0.4, -0.2) is 70.1 Å². The number of anilines is 1. The van der Waals surface area contributed by atoms with E-state index >= 15 is 0 Å². The van der Waals surface area contributed by atoms with Gasteiger partial charge in [-0.15, -0.1) is 0 Å². The van der Waals surface area contributed by atoms with Crippen LogP contribution in [0.3, 0.4) is 0 Å². The molecule has 4 heterocycles. The fourth-order valence-electron chi connectivity index (χ4n) is 4.13. The summed E-state index contributed by atoms with van der Waals surface area (Å²) in [6.45, 7) is 4.93. The number of alkyl halides is 3. The summed E-state index contributed by atoms with van der Waals surface area (Å²) in [5.74, 6) is 0.348. The van der Waals surface area contributed by atoms with E-state index in [1.54, 1.807) is 0 Å². The Labute approximate surface area is 188 Å². The largest absolute Gasteiger partial charge is 0.417 e. The second-order valence-electron chi connectivity index (χ2n) is 8.04. The number of Topliss-reactive ketones (excluding diaryl/α,β-unsaturated/α-hetero) is 1. The van der Waals surface area contributed by atoms with E-state index in [1.807, 2.05) is 24.0 Å². The Morgan fingerprint density at radius 1 is 1.30 bits per heavy atom. The molecule has 0 spiro atoms. The van der Waals surface area contributed by atoms with Crippen molar-refractivity contribution in [3.05, 3.63) is 53.3 Å².